The van der Waals surface area contributed by atoms with Crippen LogP contribution < -0.4 is 4.74 Å². The van der Waals surface area contributed by atoms with Gasteiger partial charge in [-0.25, -0.2) is 4.79 Å². The van der Waals surface area contributed by atoms with Crippen LogP contribution in [-0.2, 0) is 9.53 Å². The van der Waals surface area contributed by atoms with E-state index in [1.165, 1.54) is 5.56 Å². The highest BCUT2D eigenvalue weighted by atomic mass is 16.6. The van der Waals surface area contributed by atoms with Gasteiger partial charge in [0, 0.05) is 0 Å². The second-order valence-electron chi connectivity index (χ2n) is 4.24. The van der Waals surface area contributed by atoms with Gasteiger partial charge in [-0.3, -0.25) is 0 Å². The molecule has 0 aliphatic heterocycles. The first-order valence-corrected chi connectivity index (χ1v) is 5.97. The fraction of sp³-hybridized carbons (Fsp3) is 0.500. The van der Waals surface area contributed by atoms with Crippen LogP contribution in [0.15, 0.2) is 24.3 Å². The molecule has 94 valence electrons. The molecule has 1 atom stereocenters. The predicted octanol–water partition coefficient (Wildman–Crippen LogP) is 3.14. The van der Waals surface area contributed by atoms with Crippen molar-refractivity contribution in [1.29, 1.82) is 0 Å². The highest BCUT2D eigenvalue weighted by molar-refractivity contribution is 5.74. The van der Waals surface area contributed by atoms with Crippen molar-refractivity contribution >= 4 is 5.97 Å². The lowest BCUT2D eigenvalue weighted by Gasteiger charge is -2.14. The van der Waals surface area contributed by atoms with E-state index in [2.05, 4.69) is 13.8 Å². The van der Waals surface area contributed by atoms with Gasteiger partial charge >= 0.3 is 5.97 Å². The van der Waals surface area contributed by atoms with Crippen molar-refractivity contribution in [1.82, 2.24) is 0 Å². The molecule has 0 aromatic heterocycles. The van der Waals surface area contributed by atoms with E-state index in [0.29, 0.717) is 18.3 Å². The molecule has 0 aliphatic rings. The molecule has 0 fully saturated rings. The number of hydrogen-bond donors (Lipinski definition) is 0. The Balaban J connectivity index is 2.60. The van der Waals surface area contributed by atoms with Gasteiger partial charge in [-0.15, -0.1) is 0 Å². The van der Waals surface area contributed by atoms with Gasteiger partial charge in [0.25, 0.3) is 0 Å². The molecule has 0 amide bonds. The van der Waals surface area contributed by atoms with Crippen LogP contribution >= 0.6 is 0 Å². The summed E-state index contributed by atoms with van der Waals surface area (Å²) in [4.78, 5) is 11.4. The van der Waals surface area contributed by atoms with E-state index < -0.39 is 6.10 Å². The topological polar surface area (TPSA) is 35.5 Å². The summed E-state index contributed by atoms with van der Waals surface area (Å²) in [5.74, 6) is 0.849. The zero-order valence-electron chi connectivity index (χ0n) is 10.9. The Labute approximate surface area is 103 Å². The normalized spacial score (nSPS) is 12.3. The van der Waals surface area contributed by atoms with Crippen molar-refractivity contribution in [2.45, 2.75) is 39.7 Å². The molecule has 0 radical (unpaired) electrons. The third-order valence-electron chi connectivity index (χ3n) is 2.48. The largest absolute Gasteiger partial charge is 0.479 e. The van der Waals surface area contributed by atoms with Crippen LogP contribution in [0.3, 0.4) is 0 Å². The Hall–Kier alpha value is -1.51. The van der Waals surface area contributed by atoms with E-state index in [0.717, 1.165) is 0 Å². The van der Waals surface area contributed by atoms with Gasteiger partial charge in [-0.05, 0) is 37.5 Å². The lowest BCUT2D eigenvalue weighted by Crippen LogP contribution is -2.26. The van der Waals surface area contributed by atoms with Crippen LogP contribution in [0, 0.1) is 0 Å². The summed E-state index contributed by atoms with van der Waals surface area (Å²) < 4.78 is 10.4. The van der Waals surface area contributed by atoms with Crippen LogP contribution in [0.4, 0.5) is 0 Å². The van der Waals surface area contributed by atoms with Gasteiger partial charge in [-0.2, -0.15) is 0 Å². The maximum absolute atomic E-state index is 11.4. The number of ether oxygens (including phenoxy) is 2. The summed E-state index contributed by atoms with van der Waals surface area (Å²) in [6.07, 6.45) is -0.570. The van der Waals surface area contributed by atoms with Crippen LogP contribution in [-0.4, -0.2) is 18.7 Å². The quantitative estimate of drug-likeness (QED) is 0.737. The summed E-state index contributed by atoms with van der Waals surface area (Å²) in [5, 5.41) is 0. The summed E-state index contributed by atoms with van der Waals surface area (Å²) >= 11 is 0. The molecule has 0 bridgehead atoms. The summed E-state index contributed by atoms with van der Waals surface area (Å²) in [5.41, 5.74) is 1.25. The second-order valence-corrected chi connectivity index (χ2v) is 4.24. The van der Waals surface area contributed by atoms with Crippen LogP contribution in [0.5, 0.6) is 5.75 Å². The molecule has 17 heavy (non-hydrogen) atoms. The minimum Gasteiger partial charge on any atom is -0.479 e. The molecular weight excluding hydrogens is 216 g/mol. The van der Waals surface area contributed by atoms with Gasteiger partial charge in [-0.1, -0.05) is 26.0 Å². The molecule has 1 aromatic carbocycles. The predicted molar refractivity (Wildman–Crippen MR) is 67.3 cm³/mol. The van der Waals surface area contributed by atoms with Gasteiger partial charge < -0.3 is 9.47 Å². The van der Waals surface area contributed by atoms with E-state index >= 15 is 0 Å². The zero-order chi connectivity index (χ0) is 12.8. The van der Waals surface area contributed by atoms with Crippen LogP contribution in [0.25, 0.3) is 0 Å². The SMILES string of the molecule is CCOC(=O)[C@H](C)Oc1ccc(C(C)C)cc1. The maximum Gasteiger partial charge on any atom is 0.347 e. The van der Waals surface area contributed by atoms with E-state index in [9.17, 15) is 4.79 Å². The lowest BCUT2D eigenvalue weighted by molar-refractivity contribution is -0.150. The van der Waals surface area contributed by atoms with Gasteiger partial charge in [0.05, 0.1) is 6.61 Å². The van der Waals surface area contributed by atoms with E-state index in [-0.39, 0.29) is 5.97 Å². The number of benzene rings is 1. The molecule has 1 aromatic rings. The van der Waals surface area contributed by atoms with Crippen molar-refractivity contribution in [3.63, 3.8) is 0 Å². The molecule has 3 nitrogen and oxygen atoms in total. The summed E-state index contributed by atoms with van der Waals surface area (Å²) in [6, 6.07) is 7.78. The molecule has 3 heteroatoms. The Morgan fingerprint density at radius 3 is 2.24 bits per heavy atom. The second kappa shape index (κ2) is 6.28. The molecule has 0 saturated carbocycles. The highest BCUT2D eigenvalue weighted by Crippen LogP contribution is 2.19. The fourth-order valence-corrected chi connectivity index (χ4v) is 1.44. The Kier molecular flexibility index (Phi) is 5.01. The van der Waals surface area contributed by atoms with Crippen LogP contribution in [0.2, 0.25) is 0 Å². The first-order chi connectivity index (χ1) is 8.04. The van der Waals surface area contributed by atoms with Crippen molar-refractivity contribution in [2.75, 3.05) is 6.61 Å². The number of rotatable bonds is 5. The molecule has 0 heterocycles. The third-order valence-corrected chi connectivity index (χ3v) is 2.48. The molecule has 0 aliphatic carbocycles. The van der Waals surface area contributed by atoms with E-state index in [1.54, 1.807) is 13.8 Å². The first-order valence-electron chi connectivity index (χ1n) is 5.97. The minimum absolute atomic E-state index is 0.333. The standard InChI is InChI=1S/C14H20O3/c1-5-16-14(15)11(4)17-13-8-6-12(7-9-13)10(2)3/h6-11H,5H2,1-4H3/t11-/m0/s1. The molecule has 1 rings (SSSR count). The number of carbonyl (C=O) groups is 1. The summed E-state index contributed by atoms with van der Waals surface area (Å²) in [7, 11) is 0. The third kappa shape index (κ3) is 4.10. The number of carbonyl (C=O) groups excluding carboxylic acids is 1. The summed E-state index contributed by atoms with van der Waals surface area (Å²) in [6.45, 7) is 8.11. The van der Waals surface area contributed by atoms with Gasteiger partial charge in [0.15, 0.2) is 6.10 Å². The molecule has 0 spiro atoms. The first kappa shape index (κ1) is 13.6. The smallest absolute Gasteiger partial charge is 0.347 e. The van der Waals surface area contributed by atoms with Crippen LogP contribution in [0.1, 0.15) is 39.2 Å². The van der Waals surface area contributed by atoms with Crippen molar-refractivity contribution < 1.29 is 14.3 Å². The molecule has 0 saturated heterocycles. The average molecular weight is 236 g/mol. The Morgan fingerprint density at radius 2 is 1.76 bits per heavy atom. The maximum atomic E-state index is 11.4. The monoisotopic (exact) mass is 236 g/mol. The Morgan fingerprint density at radius 1 is 1.18 bits per heavy atom. The highest BCUT2D eigenvalue weighted by Gasteiger charge is 2.15. The molecular formula is C14H20O3. The lowest BCUT2D eigenvalue weighted by atomic mass is 10.0. The minimum atomic E-state index is -0.570. The zero-order valence-corrected chi connectivity index (χ0v) is 10.9. The van der Waals surface area contributed by atoms with Gasteiger partial charge in [0.2, 0.25) is 0 Å². The molecule has 0 N–H and O–H groups in total. The number of hydrogen-bond acceptors (Lipinski definition) is 3. The Bertz CT molecular complexity index is 354. The molecule has 0 unspecified atom stereocenters. The van der Waals surface area contributed by atoms with E-state index in [1.807, 2.05) is 24.3 Å². The van der Waals surface area contributed by atoms with Crippen molar-refractivity contribution in [3.05, 3.63) is 29.8 Å². The van der Waals surface area contributed by atoms with Crippen molar-refractivity contribution in [3.8, 4) is 5.75 Å². The average Bonchev–Trinajstić information content (AvgIpc) is 2.30. The van der Waals surface area contributed by atoms with Gasteiger partial charge in [0.1, 0.15) is 5.75 Å². The fourth-order valence-electron chi connectivity index (χ4n) is 1.44. The van der Waals surface area contributed by atoms with Crippen molar-refractivity contribution in [2.24, 2.45) is 0 Å². The van der Waals surface area contributed by atoms with E-state index in [4.69, 9.17) is 9.47 Å². The number of esters is 1.